The van der Waals surface area contributed by atoms with Crippen molar-refractivity contribution in [2.45, 2.75) is 71.9 Å². The molecule has 1 aromatic rings. The summed E-state index contributed by atoms with van der Waals surface area (Å²) in [5, 5.41) is 3.08. The van der Waals surface area contributed by atoms with Crippen molar-refractivity contribution in [3.8, 4) is 0 Å². The fraction of sp³-hybridized carbons (Fsp3) is 0.680. The minimum absolute atomic E-state index is 0.0326. The monoisotopic (exact) mass is 428 g/mol. The van der Waals surface area contributed by atoms with Crippen molar-refractivity contribution < 1.29 is 9.59 Å². The van der Waals surface area contributed by atoms with Crippen LogP contribution < -0.4 is 5.32 Å². The minimum Gasteiger partial charge on any atom is -0.336 e. The summed E-state index contributed by atoms with van der Waals surface area (Å²) in [6.45, 7) is 12.5. The van der Waals surface area contributed by atoms with Gasteiger partial charge in [-0.2, -0.15) is 0 Å². The van der Waals surface area contributed by atoms with E-state index in [0.29, 0.717) is 19.1 Å². The molecule has 172 valence electrons. The van der Waals surface area contributed by atoms with Gasteiger partial charge >= 0.3 is 0 Å². The van der Waals surface area contributed by atoms with Gasteiger partial charge in [0.05, 0.1) is 13.1 Å². The highest BCUT2D eigenvalue weighted by molar-refractivity contribution is 5.93. The second-order valence-corrected chi connectivity index (χ2v) is 9.55. The Kier molecular flexibility index (Phi) is 8.50. The summed E-state index contributed by atoms with van der Waals surface area (Å²) in [5.74, 6) is 0.299. The number of benzene rings is 1. The van der Waals surface area contributed by atoms with Crippen LogP contribution in [0.4, 0.5) is 5.69 Å². The Morgan fingerprint density at radius 2 is 1.52 bits per heavy atom. The van der Waals surface area contributed by atoms with Gasteiger partial charge in [0.25, 0.3) is 0 Å². The number of amides is 2. The van der Waals surface area contributed by atoms with E-state index in [0.717, 1.165) is 55.8 Å². The number of nitrogens with zero attached hydrogens (tertiary/aromatic N) is 3. The number of piperazine rings is 1. The minimum atomic E-state index is 0.0326. The van der Waals surface area contributed by atoms with Crippen LogP contribution in [0.3, 0.4) is 0 Å². The van der Waals surface area contributed by atoms with Crippen LogP contribution >= 0.6 is 0 Å². The highest BCUT2D eigenvalue weighted by atomic mass is 16.2. The second kappa shape index (κ2) is 11.1. The predicted molar refractivity (Wildman–Crippen MR) is 126 cm³/mol. The first kappa shape index (κ1) is 23.7. The topological polar surface area (TPSA) is 55.9 Å². The molecule has 0 unspecified atom stereocenters. The molecule has 0 spiro atoms. The Hall–Kier alpha value is -1.92. The van der Waals surface area contributed by atoms with Gasteiger partial charge in [0, 0.05) is 44.0 Å². The van der Waals surface area contributed by atoms with Crippen LogP contribution in [0.15, 0.2) is 18.2 Å². The molecule has 1 saturated heterocycles. The Bertz CT molecular complexity index is 730. The van der Waals surface area contributed by atoms with Gasteiger partial charge in [-0.3, -0.25) is 19.4 Å². The highest BCUT2D eigenvalue weighted by Crippen LogP contribution is 2.24. The lowest BCUT2D eigenvalue weighted by molar-refractivity contribution is -0.138. The number of hydrogen-bond donors (Lipinski definition) is 1. The molecule has 1 aliphatic heterocycles. The molecule has 6 nitrogen and oxygen atoms in total. The maximum absolute atomic E-state index is 13.1. The van der Waals surface area contributed by atoms with E-state index in [1.807, 2.05) is 32.0 Å². The van der Waals surface area contributed by atoms with Crippen molar-refractivity contribution in [1.82, 2.24) is 14.7 Å². The summed E-state index contributed by atoms with van der Waals surface area (Å²) in [7, 11) is 0. The number of carbonyl (C=O) groups is 2. The average Bonchev–Trinajstić information content (AvgIpc) is 2.73. The summed E-state index contributed by atoms with van der Waals surface area (Å²) >= 11 is 0. The molecule has 1 heterocycles. The van der Waals surface area contributed by atoms with Gasteiger partial charge in [0.2, 0.25) is 11.8 Å². The molecule has 0 radical (unpaired) electrons. The Balaban J connectivity index is 1.45. The molecule has 2 aliphatic rings. The lowest BCUT2D eigenvalue weighted by Crippen LogP contribution is -2.54. The molecule has 3 rings (SSSR count). The van der Waals surface area contributed by atoms with E-state index in [-0.39, 0.29) is 17.9 Å². The molecule has 0 aromatic heterocycles. The standard InChI is InChI=1S/C25H40N4O2/c1-19(2)29(22-11-6-5-7-12-22)24(31)18-28-15-13-27(14-16-28)17-23(30)26-25-20(3)9-8-10-21(25)4/h8-10,19,22H,5-7,11-18H2,1-4H3,(H,26,30). The largest absolute Gasteiger partial charge is 0.336 e. The van der Waals surface area contributed by atoms with Crippen molar-refractivity contribution in [2.24, 2.45) is 0 Å². The van der Waals surface area contributed by atoms with Crippen LogP contribution in [-0.4, -0.2) is 77.9 Å². The van der Waals surface area contributed by atoms with Crippen molar-refractivity contribution >= 4 is 17.5 Å². The summed E-state index contributed by atoms with van der Waals surface area (Å²) in [5.41, 5.74) is 3.10. The van der Waals surface area contributed by atoms with E-state index in [1.165, 1.54) is 19.3 Å². The van der Waals surface area contributed by atoms with Gasteiger partial charge in [-0.15, -0.1) is 0 Å². The van der Waals surface area contributed by atoms with Gasteiger partial charge in [0.1, 0.15) is 0 Å². The average molecular weight is 429 g/mol. The molecule has 1 aliphatic carbocycles. The quantitative estimate of drug-likeness (QED) is 0.723. The SMILES string of the molecule is Cc1cccc(C)c1NC(=O)CN1CCN(CC(=O)N(C(C)C)C2CCCCC2)CC1. The van der Waals surface area contributed by atoms with Crippen molar-refractivity contribution in [3.05, 3.63) is 29.3 Å². The van der Waals surface area contributed by atoms with Crippen LogP contribution in [-0.2, 0) is 9.59 Å². The summed E-state index contributed by atoms with van der Waals surface area (Å²) in [6, 6.07) is 6.72. The Labute approximate surface area is 188 Å². The number of rotatable bonds is 7. The van der Waals surface area contributed by atoms with Crippen LogP contribution in [0.25, 0.3) is 0 Å². The maximum Gasteiger partial charge on any atom is 0.238 e. The lowest BCUT2D eigenvalue weighted by atomic mass is 9.93. The maximum atomic E-state index is 13.1. The Morgan fingerprint density at radius 3 is 2.06 bits per heavy atom. The number of para-hydroxylation sites is 1. The molecule has 1 saturated carbocycles. The molecule has 1 aromatic carbocycles. The van der Waals surface area contributed by atoms with Crippen LogP contribution in [0, 0.1) is 13.8 Å². The Morgan fingerprint density at radius 1 is 0.968 bits per heavy atom. The summed E-state index contributed by atoms with van der Waals surface area (Å²) in [6.07, 6.45) is 6.07. The third-order valence-electron chi connectivity index (χ3n) is 6.75. The van der Waals surface area contributed by atoms with E-state index in [4.69, 9.17) is 0 Å². The first-order valence-electron chi connectivity index (χ1n) is 12.0. The normalized spacial score (nSPS) is 18.9. The number of hydrogen-bond acceptors (Lipinski definition) is 4. The van der Waals surface area contributed by atoms with Crippen LogP contribution in [0.5, 0.6) is 0 Å². The summed E-state index contributed by atoms with van der Waals surface area (Å²) in [4.78, 5) is 32.2. The third-order valence-corrected chi connectivity index (χ3v) is 6.75. The molecule has 2 amide bonds. The zero-order valence-corrected chi connectivity index (χ0v) is 19.8. The number of anilines is 1. The van der Waals surface area contributed by atoms with E-state index < -0.39 is 0 Å². The smallest absolute Gasteiger partial charge is 0.238 e. The fourth-order valence-electron chi connectivity index (χ4n) is 5.04. The molecular formula is C25H40N4O2. The predicted octanol–water partition coefficient (Wildman–Crippen LogP) is 3.43. The molecule has 2 fully saturated rings. The first-order valence-corrected chi connectivity index (χ1v) is 12.0. The van der Waals surface area contributed by atoms with Gasteiger partial charge < -0.3 is 10.2 Å². The zero-order valence-electron chi connectivity index (χ0n) is 19.8. The van der Waals surface area contributed by atoms with Gasteiger partial charge in [-0.25, -0.2) is 0 Å². The van der Waals surface area contributed by atoms with Gasteiger partial charge in [0.15, 0.2) is 0 Å². The molecule has 1 N–H and O–H groups in total. The third kappa shape index (κ3) is 6.53. The van der Waals surface area contributed by atoms with Crippen molar-refractivity contribution in [2.75, 3.05) is 44.6 Å². The molecule has 0 bridgehead atoms. The second-order valence-electron chi connectivity index (χ2n) is 9.55. The summed E-state index contributed by atoms with van der Waals surface area (Å²) < 4.78 is 0. The molecule has 31 heavy (non-hydrogen) atoms. The molecule has 0 atom stereocenters. The van der Waals surface area contributed by atoms with E-state index in [1.54, 1.807) is 0 Å². The van der Waals surface area contributed by atoms with Crippen LogP contribution in [0.1, 0.15) is 57.1 Å². The number of nitrogens with one attached hydrogen (secondary N) is 1. The first-order chi connectivity index (χ1) is 14.8. The van der Waals surface area contributed by atoms with Crippen molar-refractivity contribution in [1.29, 1.82) is 0 Å². The highest BCUT2D eigenvalue weighted by Gasteiger charge is 2.29. The van der Waals surface area contributed by atoms with Crippen molar-refractivity contribution in [3.63, 3.8) is 0 Å². The number of carbonyl (C=O) groups excluding carboxylic acids is 2. The molecule has 6 heteroatoms. The van der Waals surface area contributed by atoms with E-state index in [2.05, 4.69) is 33.9 Å². The van der Waals surface area contributed by atoms with Crippen LogP contribution in [0.2, 0.25) is 0 Å². The lowest BCUT2D eigenvalue weighted by Gasteiger charge is -2.40. The number of aryl methyl sites for hydroxylation is 2. The van der Waals surface area contributed by atoms with E-state index >= 15 is 0 Å². The van der Waals surface area contributed by atoms with Gasteiger partial charge in [-0.1, -0.05) is 37.5 Å². The van der Waals surface area contributed by atoms with E-state index in [9.17, 15) is 9.59 Å². The fourth-order valence-corrected chi connectivity index (χ4v) is 5.04. The molecular weight excluding hydrogens is 388 g/mol. The van der Waals surface area contributed by atoms with Gasteiger partial charge in [-0.05, 0) is 51.7 Å². The zero-order chi connectivity index (χ0) is 22.4.